The highest BCUT2D eigenvalue weighted by Crippen LogP contribution is 2.08. The normalized spacial score (nSPS) is 22.0. The summed E-state index contributed by atoms with van der Waals surface area (Å²) in [6.45, 7) is 11.7. The maximum absolute atomic E-state index is 12.0. The van der Waals surface area contributed by atoms with Gasteiger partial charge < -0.3 is 15.8 Å². The predicted octanol–water partition coefficient (Wildman–Crippen LogP) is 0.585. The molecule has 0 aromatic carbocycles. The summed E-state index contributed by atoms with van der Waals surface area (Å²) in [6.07, 6.45) is 0.727. The van der Waals surface area contributed by atoms with Crippen LogP contribution in [0.5, 0.6) is 0 Å². The summed E-state index contributed by atoms with van der Waals surface area (Å²) in [5.74, 6) is 0.397. The van der Waals surface area contributed by atoms with Gasteiger partial charge in [-0.25, -0.2) is 0 Å². The molecule has 0 spiro atoms. The highest BCUT2D eigenvalue weighted by molar-refractivity contribution is 5.81. The van der Waals surface area contributed by atoms with Gasteiger partial charge in [0.2, 0.25) is 5.91 Å². The first kappa shape index (κ1) is 16.4. The van der Waals surface area contributed by atoms with Crippen LogP contribution in [0.4, 0.5) is 0 Å². The third-order valence-electron chi connectivity index (χ3n) is 3.78. The largest absolute Gasteiger partial charge is 0.379 e. The van der Waals surface area contributed by atoms with Crippen LogP contribution in [-0.4, -0.2) is 55.2 Å². The van der Waals surface area contributed by atoms with Crippen molar-refractivity contribution in [3.63, 3.8) is 0 Å². The lowest BCUT2D eigenvalue weighted by Crippen LogP contribution is -2.54. The van der Waals surface area contributed by atoms with Crippen LogP contribution in [0.1, 0.15) is 34.1 Å². The van der Waals surface area contributed by atoms with E-state index in [2.05, 4.69) is 31.0 Å². The Morgan fingerprint density at radius 1 is 1.26 bits per heavy atom. The van der Waals surface area contributed by atoms with Crippen molar-refractivity contribution in [2.75, 3.05) is 26.3 Å². The van der Waals surface area contributed by atoms with E-state index in [0.29, 0.717) is 12.0 Å². The van der Waals surface area contributed by atoms with Crippen LogP contribution < -0.4 is 11.1 Å². The molecule has 3 N–H and O–H groups in total. The van der Waals surface area contributed by atoms with E-state index in [9.17, 15) is 4.79 Å². The standard InChI is InChI=1S/C14H29N3O2/c1-10(2)9-13(15)14(18)16-11(3)12(4)17-5-7-19-8-6-17/h10-13H,5-9,15H2,1-4H3,(H,16,18)/t11?,12?,13-/m0/s1. The Bertz CT molecular complexity index is 278. The van der Waals surface area contributed by atoms with E-state index in [0.717, 1.165) is 32.7 Å². The molecule has 0 radical (unpaired) electrons. The fourth-order valence-electron chi connectivity index (χ4n) is 2.37. The number of nitrogens with one attached hydrogen (secondary N) is 1. The summed E-state index contributed by atoms with van der Waals surface area (Å²) in [4.78, 5) is 14.3. The maximum atomic E-state index is 12.0. The van der Waals surface area contributed by atoms with E-state index < -0.39 is 6.04 Å². The number of hydrogen-bond donors (Lipinski definition) is 2. The lowest BCUT2D eigenvalue weighted by molar-refractivity contribution is -0.123. The van der Waals surface area contributed by atoms with E-state index >= 15 is 0 Å². The maximum Gasteiger partial charge on any atom is 0.237 e. The summed E-state index contributed by atoms with van der Waals surface area (Å²) in [6, 6.07) is 0.00208. The number of rotatable bonds is 6. The molecule has 3 atom stereocenters. The second-order valence-corrected chi connectivity index (χ2v) is 5.92. The van der Waals surface area contributed by atoms with E-state index in [-0.39, 0.29) is 11.9 Å². The first-order chi connectivity index (χ1) is 8.91. The summed E-state index contributed by atoms with van der Waals surface area (Å²) >= 11 is 0. The van der Waals surface area contributed by atoms with E-state index in [1.807, 2.05) is 6.92 Å². The Kier molecular flexibility index (Phi) is 6.75. The van der Waals surface area contributed by atoms with Crippen LogP contribution in [0.15, 0.2) is 0 Å². The molecule has 0 bridgehead atoms. The van der Waals surface area contributed by atoms with Crippen molar-refractivity contribution in [1.82, 2.24) is 10.2 Å². The molecule has 112 valence electrons. The predicted molar refractivity (Wildman–Crippen MR) is 76.9 cm³/mol. The van der Waals surface area contributed by atoms with Crippen molar-refractivity contribution < 1.29 is 9.53 Å². The highest BCUT2D eigenvalue weighted by Gasteiger charge is 2.25. The number of nitrogens with two attached hydrogens (primary N) is 1. The monoisotopic (exact) mass is 271 g/mol. The summed E-state index contributed by atoms with van der Waals surface area (Å²) < 4.78 is 5.34. The molecule has 1 aliphatic rings. The molecular formula is C14H29N3O2. The molecule has 5 nitrogen and oxygen atoms in total. The second-order valence-electron chi connectivity index (χ2n) is 5.92. The highest BCUT2D eigenvalue weighted by atomic mass is 16.5. The molecule has 0 aliphatic carbocycles. The Hall–Kier alpha value is -0.650. The van der Waals surface area contributed by atoms with Crippen molar-refractivity contribution in [3.8, 4) is 0 Å². The zero-order valence-electron chi connectivity index (χ0n) is 12.7. The quantitative estimate of drug-likeness (QED) is 0.742. The third-order valence-corrected chi connectivity index (χ3v) is 3.78. The van der Waals surface area contributed by atoms with E-state index in [1.165, 1.54) is 0 Å². The first-order valence-corrected chi connectivity index (χ1v) is 7.29. The van der Waals surface area contributed by atoms with Crippen molar-refractivity contribution in [2.24, 2.45) is 11.7 Å². The summed E-state index contributed by atoms with van der Waals surface area (Å²) in [7, 11) is 0. The van der Waals surface area contributed by atoms with Gasteiger partial charge in [-0.3, -0.25) is 9.69 Å². The van der Waals surface area contributed by atoms with Gasteiger partial charge in [0.25, 0.3) is 0 Å². The smallest absolute Gasteiger partial charge is 0.237 e. The van der Waals surface area contributed by atoms with Crippen molar-refractivity contribution in [2.45, 2.75) is 52.2 Å². The lowest BCUT2D eigenvalue weighted by atomic mass is 10.0. The summed E-state index contributed by atoms with van der Waals surface area (Å²) in [5.41, 5.74) is 5.90. The van der Waals surface area contributed by atoms with Crippen LogP contribution in [0.25, 0.3) is 0 Å². The SMILES string of the molecule is CC(C)C[C@H](N)C(=O)NC(C)C(C)N1CCOCC1. The van der Waals surface area contributed by atoms with Gasteiger partial charge in [0.05, 0.1) is 19.3 Å². The average molecular weight is 271 g/mol. The summed E-state index contributed by atoms with van der Waals surface area (Å²) in [5, 5.41) is 3.04. The van der Waals surface area contributed by atoms with Gasteiger partial charge in [0.15, 0.2) is 0 Å². The van der Waals surface area contributed by atoms with Crippen LogP contribution in [0.3, 0.4) is 0 Å². The number of ether oxygens (including phenoxy) is 1. The van der Waals surface area contributed by atoms with Gasteiger partial charge in [-0.2, -0.15) is 0 Å². The molecule has 2 unspecified atom stereocenters. The van der Waals surface area contributed by atoms with Crippen LogP contribution in [-0.2, 0) is 9.53 Å². The molecule has 1 amide bonds. The minimum absolute atomic E-state index is 0.0405. The molecule has 0 aromatic rings. The number of nitrogens with zero attached hydrogens (tertiary/aromatic N) is 1. The van der Waals surface area contributed by atoms with Crippen molar-refractivity contribution in [1.29, 1.82) is 0 Å². The van der Waals surface area contributed by atoms with Crippen LogP contribution in [0.2, 0.25) is 0 Å². The molecule has 1 aliphatic heterocycles. The Morgan fingerprint density at radius 2 is 1.84 bits per heavy atom. The molecule has 1 fully saturated rings. The van der Waals surface area contributed by atoms with Crippen LogP contribution in [0, 0.1) is 5.92 Å². The third kappa shape index (κ3) is 5.47. The van der Waals surface area contributed by atoms with Gasteiger partial charge in [-0.15, -0.1) is 0 Å². The Labute approximate surface area is 116 Å². The number of amides is 1. The zero-order valence-corrected chi connectivity index (χ0v) is 12.7. The number of carbonyl (C=O) groups excluding carboxylic acids is 1. The molecule has 0 saturated carbocycles. The van der Waals surface area contributed by atoms with E-state index in [1.54, 1.807) is 0 Å². The van der Waals surface area contributed by atoms with E-state index in [4.69, 9.17) is 10.5 Å². The minimum atomic E-state index is -0.403. The average Bonchev–Trinajstić information content (AvgIpc) is 2.37. The number of hydrogen-bond acceptors (Lipinski definition) is 4. The van der Waals surface area contributed by atoms with Gasteiger partial charge in [-0.05, 0) is 26.2 Å². The molecule has 0 aromatic heterocycles. The van der Waals surface area contributed by atoms with Gasteiger partial charge in [0.1, 0.15) is 0 Å². The zero-order chi connectivity index (χ0) is 14.4. The molecule has 1 heterocycles. The van der Waals surface area contributed by atoms with Gasteiger partial charge >= 0.3 is 0 Å². The molecular weight excluding hydrogens is 242 g/mol. The van der Waals surface area contributed by atoms with Crippen molar-refractivity contribution >= 4 is 5.91 Å². The van der Waals surface area contributed by atoms with Crippen LogP contribution >= 0.6 is 0 Å². The van der Waals surface area contributed by atoms with Gasteiger partial charge in [-0.1, -0.05) is 13.8 Å². The minimum Gasteiger partial charge on any atom is -0.379 e. The number of morpholine rings is 1. The Balaban J connectivity index is 2.39. The Morgan fingerprint density at radius 3 is 2.37 bits per heavy atom. The molecule has 5 heteroatoms. The fourth-order valence-corrected chi connectivity index (χ4v) is 2.37. The number of carbonyl (C=O) groups is 1. The fraction of sp³-hybridized carbons (Fsp3) is 0.929. The molecule has 19 heavy (non-hydrogen) atoms. The molecule has 1 saturated heterocycles. The lowest BCUT2D eigenvalue weighted by Gasteiger charge is -2.36. The van der Waals surface area contributed by atoms with Gasteiger partial charge in [0, 0.05) is 25.2 Å². The molecule has 1 rings (SSSR count). The first-order valence-electron chi connectivity index (χ1n) is 7.29. The topological polar surface area (TPSA) is 67.6 Å². The second kappa shape index (κ2) is 7.82. The van der Waals surface area contributed by atoms with Crippen molar-refractivity contribution in [3.05, 3.63) is 0 Å².